The minimum Gasteiger partial charge on any atom is -0.369 e. The Hall–Kier alpha value is -1.32. The average molecular weight is 262 g/mol. The number of aromatic nitrogens is 2. The van der Waals surface area contributed by atoms with E-state index in [1.807, 2.05) is 6.20 Å². The molecular weight excluding hydrogens is 236 g/mol. The molecule has 0 amide bonds. The summed E-state index contributed by atoms with van der Waals surface area (Å²) in [6.45, 7) is 12.2. The van der Waals surface area contributed by atoms with Gasteiger partial charge in [-0.05, 0) is 31.1 Å². The van der Waals surface area contributed by atoms with Crippen LogP contribution < -0.4 is 10.2 Å². The molecule has 0 spiro atoms. The van der Waals surface area contributed by atoms with E-state index in [9.17, 15) is 0 Å². The highest BCUT2D eigenvalue weighted by atomic mass is 15.2. The van der Waals surface area contributed by atoms with Crippen LogP contribution in [0, 0.1) is 11.3 Å². The summed E-state index contributed by atoms with van der Waals surface area (Å²) < 4.78 is 0. The Kier molecular flexibility index (Phi) is 4.27. The van der Waals surface area contributed by atoms with Gasteiger partial charge in [-0.2, -0.15) is 0 Å². The van der Waals surface area contributed by atoms with Crippen LogP contribution in [0.1, 0.15) is 40.5 Å². The first-order valence-electron chi connectivity index (χ1n) is 7.31. The third kappa shape index (κ3) is 3.58. The van der Waals surface area contributed by atoms with Crippen molar-refractivity contribution in [2.45, 2.75) is 40.5 Å². The highest BCUT2D eigenvalue weighted by molar-refractivity contribution is 5.44. The van der Waals surface area contributed by atoms with E-state index in [1.165, 1.54) is 12.8 Å². The highest BCUT2D eigenvalue weighted by Gasteiger charge is 2.29. The molecule has 4 heteroatoms. The molecule has 1 aliphatic heterocycles. The first-order valence-corrected chi connectivity index (χ1v) is 7.31. The van der Waals surface area contributed by atoms with Crippen LogP contribution in [-0.2, 0) is 0 Å². The number of piperidine rings is 1. The third-order valence-electron chi connectivity index (χ3n) is 4.02. The van der Waals surface area contributed by atoms with Crippen LogP contribution in [0.5, 0.6) is 0 Å². The molecule has 1 aromatic rings. The molecule has 1 aliphatic rings. The molecular formula is C15H26N4. The van der Waals surface area contributed by atoms with Crippen molar-refractivity contribution in [2.75, 3.05) is 29.9 Å². The Morgan fingerprint density at radius 2 is 1.95 bits per heavy atom. The second-order valence-electron chi connectivity index (χ2n) is 6.42. The van der Waals surface area contributed by atoms with Gasteiger partial charge in [-0.15, -0.1) is 0 Å². The van der Waals surface area contributed by atoms with Crippen LogP contribution in [0.2, 0.25) is 0 Å². The van der Waals surface area contributed by atoms with Crippen molar-refractivity contribution in [1.82, 2.24) is 9.97 Å². The lowest BCUT2D eigenvalue weighted by molar-refractivity contribution is 0.198. The predicted molar refractivity (Wildman–Crippen MR) is 80.6 cm³/mol. The van der Waals surface area contributed by atoms with E-state index in [1.54, 1.807) is 6.20 Å². The maximum absolute atomic E-state index is 4.63. The van der Waals surface area contributed by atoms with Crippen LogP contribution in [0.3, 0.4) is 0 Å². The number of rotatable bonds is 3. The molecule has 1 fully saturated rings. The second kappa shape index (κ2) is 5.76. The summed E-state index contributed by atoms with van der Waals surface area (Å²) in [5.74, 6) is 2.69. The van der Waals surface area contributed by atoms with Crippen LogP contribution in [-0.4, -0.2) is 29.6 Å². The first-order chi connectivity index (χ1) is 9.00. The topological polar surface area (TPSA) is 41.1 Å². The normalized spacial score (nSPS) is 17.6. The zero-order valence-electron chi connectivity index (χ0n) is 12.6. The molecule has 4 nitrogen and oxygen atoms in total. The molecule has 0 aliphatic carbocycles. The van der Waals surface area contributed by atoms with Crippen molar-refractivity contribution in [1.29, 1.82) is 0 Å². The lowest BCUT2D eigenvalue weighted by atomic mass is 9.75. The molecule has 2 heterocycles. The molecule has 1 saturated heterocycles. The number of nitrogens with zero attached hydrogens (tertiary/aromatic N) is 3. The molecule has 19 heavy (non-hydrogen) atoms. The molecule has 0 radical (unpaired) electrons. The van der Waals surface area contributed by atoms with E-state index in [0.717, 1.165) is 37.2 Å². The molecule has 0 aromatic carbocycles. The fourth-order valence-electron chi connectivity index (χ4n) is 2.75. The van der Waals surface area contributed by atoms with Gasteiger partial charge in [0.1, 0.15) is 11.6 Å². The van der Waals surface area contributed by atoms with Gasteiger partial charge in [-0.25, -0.2) is 4.98 Å². The third-order valence-corrected chi connectivity index (χ3v) is 4.02. The molecule has 2 rings (SSSR count). The van der Waals surface area contributed by atoms with E-state index >= 15 is 0 Å². The van der Waals surface area contributed by atoms with Gasteiger partial charge in [0.15, 0.2) is 0 Å². The Labute approximate surface area is 116 Å². The minimum absolute atomic E-state index is 0.420. The van der Waals surface area contributed by atoms with Crippen molar-refractivity contribution < 1.29 is 0 Å². The fourth-order valence-corrected chi connectivity index (χ4v) is 2.75. The zero-order chi connectivity index (χ0) is 13.9. The smallest absolute Gasteiger partial charge is 0.149 e. The van der Waals surface area contributed by atoms with Crippen molar-refractivity contribution in [3.8, 4) is 0 Å². The highest BCUT2D eigenvalue weighted by Crippen LogP contribution is 2.35. The van der Waals surface area contributed by atoms with Gasteiger partial charge < -0.3 is 10.2 Å². The summed E-state index contributed by atoms with van der Waals surface area (Å²) in [7, 11) is 0. The predicted octanol–water partition coefficient (Wildman–Crippen LogP) is 3.17. The lowest BCUT2D eigenvalue weighted by Crippen LogP contribution is -2.38. The van der Waals surface area contributed by atoms with Gasteiger partial charge in [-0.3, -0.25) is 4.98 Å². The Balaban J connectivity index is 1.99. The van der Waals surface area contributed by atoms with Crippen molar-refractivity contribution in [3.63, 3.8) is 0 Å². The summed E-state index contributed by atoms with van der Waals surface area (Å²) in [6.07, 6.45) is 6.15. The monoisotopic (exact) mass is 262 g/mol. The van der Waals surface area contributed by atoms with E-state index in [0.29, 0.717) is 5.41 Å². The van der Waals surface area contributed by atoms with Crippen molar-refractivity contribution in [2.24, 2.45) is 11.3 Å². The van der Waals surface area contributed by atoms with E-state index in [2.05, 4.69) is 47.9 Å². The number of anilines is 2. The Morgan fingerprint density at radius 1 is 1.26 bits per heavy atom. The minimum atomic E-state index is 0.420. The fraction of sp³-hybridized carbons (Fsp3) is 0.733. The summed E-state index contributed by atoms with van der Waals surface area (Å²) in [6, 6.07) is 0. The SMILES string of the molecule is CCNc1cncc(N2CCC(C(C)(C)C)CC2)n1. The van der Waals surface area contributed by atoms with Gasteiger partial charge >= 0.3 is 0 Å². The molecule has 0 unspecified atom stereocenters. The van der Waals surface area contributed by atoms with Gasteiger partial charge in [-0.1, -0.05) is 20.8 Å². The van der Waals surface area contributed by atoms with Gasteiger partial charge in [0.05, 0.1) is 12.4 Å². The average Bonchev–Trinajstić information content (AvgIpc) is 2.39. The standard InChI is InChI=1S/C15H26N4/c1-5-17-13-10-16-11-14(18-13)19-8-6-12(7-9-19)15(2,3)4/h10-12H,5-9H2,1-4H3,(H,17,18). The van der Waals surface area contributed by atoms with Crippen molar-refractivity contribution in [3.05, 3.63) is 12.4 Å². The summed E-state index contributed by atoms with van der Waals surface area (Å²) in [5, 5.41) is 3.22. The largest absolute Gasteiger partial charge is 0.369 e. The van der Waals surface area contributed by atoms with Crippen LogP contribution in [0.25, 0.3) is 0 Å². The van der Waals surface area contributed by atoms with Crippen LogP contribution >= 0.6 is 0 Å². The lowest BCUT2D eigenvalue weighted by Gasteiger charge is -2.39. The zero-order valence-corrected chi connectivity index (χ0v) is 12.6. The first kappa shape index (κ1) is 14.1. The van der Waals surface area contributed by atoms with E-state index in [-0.39, 0.29) is 0 Å². The Bertz CT molecular complexity index is 403. The van der Waals surface area contributed by atoms with Gasteiger partial charge in [0.25, 0.3) is 0 Å². The van der Waals surface area contributed by atoms with Gasteiger partial charge in [0.2, 0.25) is 0 Å². The molecule has 1 aromatic heterocycles. The summed E-state index contributed by atoms with van der Waals surface area (Å²) in [5.41, 5.74) is 0.420. The summed E-state index contributed by atoms with van der Waals surface area (Å²) >= 11 is 0. The van der Waals surface area contributed by atoms with E-state index < -0.39 is 0 Å². The van der Waals surface area contributed by atoms with Gasteiger partial charge in [0, 0.05) is 19.6 Å². The van der Waals surface area contributed by atoms with E-state index in [4.69, 9.17) is 0 Å². The molecule has 106 valence electrons. The second-order valence-corrected chi connectivity index (χ2v) is 6.42. The maximum Gasteiger partial charge on any atom is 0.149 e. The Morgan fingerprint density at radius 3 is 2.53 bits per heavy atom. The number of hydrogen-bond acceptors (Lipinski definition) is 4. The number of nitrogens with one attached hydrogen (secondary N) is 1. The quantitative estimate of drug-likeness (QED) is 0.908. The van der Waals surface area contributed by atoms with Crippen LogP contribution in [0.4, 0.5) is 11.6 Å². The van der Waals surface area contributed by atoms with Crippen LogP contribution in [0.15, 0.2) is 12.4 Å². The summed E-state index contributed by atoms with van der Waals surface area (Å²) in [4.78, 5) is 11.3. The number of hydrogen-bond donors (Lipinski definition) is 1. The maximum atomic E-state index is 4.63. The molecule has 1 N–H and O–H groups in total. The van der Waals surface area contributed by atoms with Crippen molar-refractivity contribution >= 4 is 11.6 Å². The molecule has 0 bridgehead atoms. The molecule has 0 atom stereocenters. The molecule has 0 saturated carbocycles.